The van der Waals surface area contributed by atoms with Crippen molar-refractivity contribution < 1.29 is 4.74 Å². The van der Waals surface area contributed by atoms with Crippen LogP contribution < -0.4 is 9.64 Å². The van der Waals surface area contributed by atoms with Crippen molar-refractivity contribution in [3.8, 4) is 5.75 Å². The Morgan fingerprint density at radius 3 is 2.79 bits per heavy atom. The number of aryl methyl sites for hydroxylation is 2. The van der Waals surface area contributed by atoms with Crippen molar-refractivity contribution in [3.05, 3.63) is 41.3 Å². The highest BCUT2D eigenvalue weighted by molar-refractivity contribution is 7.18. The average molecular weight is 340 g/mol. The number of anilines is 1. The van der Waals surface area contributed by atoms with Gasteiger partial charge in [0, 0.05) is 37.0 Å². The number of rotatable bonds is 3. The summed E-state index contributed by atoms with van der Waals surface area (Å²) in [4.78, 5) is 17.9. The molecule has 0 unspecified atom stereocenters. The van der Waals surface area contributed by atoms with Gasteiger partial charge in [0.25, 0.3) is 0 Å². The molecule has 1 saturated heterocycles. The topological polar surface area (TPSA) is 51.1 Å². The third-order valence-electron chi connectivity index (χ3n) is 4.62. The molecule has 124 valence electrons. The molecule has 0 atom stereocenters. The van der Waals surface area contributed by atoms with Crippen LogP contribution in [0.15, 0.2) is 30.9 Å². The molecule has 3 aromatic heterocycles. The summed E-state index contributed by atoms with van der Waals surface area (Å²) in [6.45, 7) is 6.22. The van der Waals surface area contributed by atoms with Gasteiger partial charge in [-0.05, 0) is 31.5 Å². The SMILES string of the molecule is Cc1sc2ncnc(N3CCC(Oc4cccnc4)CC3)c2c1C. The Labute approximate surface area is 145 Å². The van der Waals surface area contributed by atoms with Crippen LogP contribution in [0.25, 0.3) is 10.2 Å². The van der Waals surface area contributed by atoms with E-state index in [4.69, 9.17) is 4.74 Å². The quantitative estimate of drug-likeness (QED) is 0.727. The minimum Gasteiger partial charge on any atom is -0.489 e. The fraction of sp³-hybridized carbons (Fsp3) is 0.389. The van der Waals surface area contributed by atoms with Gasteiger partial charge in [0.05, 0.1) is 11.6 Å². The van der Waals surface area contributed by atoms with Gasteiger partial charge in [-0.1, -0.05) is 0 Å². The van der Waals surface area contributed by atoms with Crippen LogP contribution in [-0.4, -0.2) is 34.1 Å². The van der Waals surface area contributed by atoms with E-state index in [2.05, 4.69) is 33.7 Å². The van der Waals surface area contributed by atoms with Gasteiger partial charge in [-0.25, -0.2) is 9.97 Å². The van der Waals surface area contributed by atoms with Gasteiger partial charge in [0.2, 0.25) is 0 Å². The second kappa shape index (κ2) is 6.36. The molecular weight excluding hydrogens is 320 g/mol. The largest absolute Gasteiger partial charge is 0.489 e. The summed E-state index contributed by atoms with van der Waals surface area (Å²) in [7, 11) is 0. The highest BCUT2D eigenvalue weighted by atomic mass is 32.1. The van der Waals surface area contributed by atoms with Gasteiger partial charge in [-0.15, -0.1) is 11.3 Å². The van der Waals surface area contributed by atoms with Crippen LogP contribution in [0.5, 0.6) is 5.75 Å². The lowest BCUT2D eigenvalue weighted by Gasteiger charge is -2.33. The van der Waals surface area contributed by atoms with Gasteiger partial charge in [0.1, 0.15) is 28.8 Å². The van der Waals surface area contributed by atoms with Crippen molar-refractivity contribution >= 4 is 27.4 Å². The van der Waals surface area contributed by atoms with Crippen LogP contribution in [0.4, 0.5) is 5.82 Å². The minimum atomic E-state index is 0.244. The zero-order chi connectivity index (χ0) is 16.5. The lowest BCUT2D eigenvalue weighted by molar-refractivity contribution is 0.170. The Morgan fingerprint density at radius 2 is 2.04 bits per heavy atom. The van der Waals surface area contributed by atoms with Crippen molar-refractivity contribution in [2.75, 3.05) is 18.0 Å². The summed E-state index contributed by atoms with van der Waals surface area (Å²) in [5.41, 5.74) is 1.30. The number of ether oxygens (including phenoxy) is 1. The number of thiophene rings is 1. The van der Waals surface area contributed by atoms with Crippen LogP contribution in [0.3, 0.4) is 0 Å². The number of pyridine rings is 1. The zero-order valence-electron chi connectivity index (χ0n) is 13.9. The summed E-state index contributed by atoms with van der Waals surface area (Å²) < 4.78 is 6.03. The monoisotopic (exact) mass is 340 g/mol. The first-order chi connectivity index (χ1) is 11.7. The summed E-state index contributed by atoms with van der Waals surface area (Å²) >= 11 is 1.75. The minimum absolute atomic E-state index is 0.244. The van der Waals surface area contributed by atoms with Crippen LogP contribution in [0, 0.1) is 13.8 Å². The van der Waals surface area contributed by atoms with Gasteiger partial charge in [-0.3, -0.25) is 4.98 Å². The van der Waals surface area contributed by atoms with Crippen LogP contribution in [0.1, 0.15) is 23.3 Å². The molecule has 4 rings (SSSR count). The van der Waals surface area contributed by atoms with Crippen molar-refractivity contribution in [2.45, 2.75) is 32.8 Å². The van der Waals surface area contributed by atoms with E-state index >= 15 is 0 Å². The lowest BCUT2D eigenvalue weighted by atomic mass is 10.1. The number of piperidine rings is 1. The second-order valence-electron chi connectivity index (χ2n) is 6.15. The molecule has 0 amide bonds. The van der Waals surface area contributed by atoms with Crippen LogP contribution in [0.2, 0.25) is 0 Å². The third kappa shape index (κ3) is 2.82. The van der Waals surface area contributed by atoms with Crippen molar-refractivity contribution in [1.29, 1.82) is 0 Å². The molecule has 0 saturated carbocycles. The smallest absolute Gasteiger partial charge is 0.141 e. The van der Waals surface area contributed by atoms with Gasteiger partial charge >= 0.3 is 0 Å². The third-order valence-corrected chi connectivity index (χ3v) is 5.74. The number of nitrogens with zero attached hydrogens (tertiary/aromatic N) is 4. The number of fused-ring (bicyclic) bond motifs is 1. The molecule has 0 spiro atoms. The van der Waals surface area contributed by atoms with Gasteiger partial charge in [-0.2, -0.15) is 0 Å². The van der Waals surface area contributed by atoms with Crippen LogP contribution in [-0.2, 0) is 0 Å². The normalized spacial score (nSPS) is 15.8. The molecule has 6 heteroatoms. The Hall–Kier alpha value is -2.21. The van der Waals surface area contributed by atoms with E-state index in [0.717, 1.165) is 42.3 Å². The maximum Gasteiger partial charge on any atom is 0.141 e. The van der Waals surface area contributed by atoms with Crippen LogP contribution >= 0.6 is 11.3 Å². The highest BCUT2D eigenvalue weighted by Gasteiger charge is 2.24. The number of hydrogen-bond acceptors (Lipinski definition) is 6. The summed E-state index contributed by atoms with van der Waals surface area (Å²) in [5, 5.41) is 1.21. The first-order valence-electron chi connectivity index (χ1n) is 8.24. The van der Waals surface area contributed by atoms with E-state index in [1.165, 1.54) is 15.8 Å². The molecule has 0 radical (unpaired) electrons. The molecular formula is C18H20N4OS. The number of hydrogen-bond donors (Lipinski definition) is 0. The Kier molecular flexibility index (Phi) is 4.06. The Bertz CT molecular complexity index is 841. The fourth-order valence-electron chi connectivity index (χ4n) is 3.20. The van der Waals surface area contributed by atoms with E-state index < -0.39 is 0 Å². The molecule has 0 aromatic carbocycles. The zero-order valence-corrected chi connectivity index (χ0v) is 14.7. The summed E-state index contributed by atoms with van der Waals surface area (Å²) in [6, 6.07) is 3.87. The lowest BCUT2D eigenvalue weighted by Crippen LogP contribution is -2.38. The molecule has 1 aliphatic heterocycles. The van der Waals surface area contributed by atoms with Gasteiger partial charge < -0.3 is 9.64 Å². The average Bonchev–Trinajstić information content (AvgIpc) is 2.91. The Morgan fingerprint density at radius 1 is 1.21 bits per heavy atom. The van der Waals surface area contributed by atoms with Crippen molar-refractivity contribution in [2.24, 2.45) is 0 Å². The highest BCUT2D eigenvalue weighted by Crippen LogP contribution is 2.35. The van der Waals surface area contributed by atoms with E-state index in [1.54, 1.807) is 30.1 Å². The predicted molar refractivity (Wildman–Crippen MR) is 97.0 cm³/mol. The standard InChI is InChI=1S/C18H20N4OS/c1-12-13(2)24-18-16(12)17(20-11-21-18)22-8-5-14(6-9-22)23-15-4-3-7-19-10-15/h3-4,7,10-11,14H,5-6,8-9H2,1-2H3. The Balaban J connectivity index is 1.50. The molecule has 3 aromatic rings. The van der Waals surface area contributed by atoms with E-state index in [1.807, 2.05) is 12.1 Å². The molecule has 4 heterocycles. The molecule has 0 N–H and O–H groups in total. The van der Waals surface area contributed by atoms with Crippen molar-refractivity contribution in [1.82, 2.24) is 15.0 Å². The molecule has 0 aliphatic carbocycles. The maximum atomic E-state index is 6.03. The molecule has 1 aliphatic rings. The van der Waals surface area contributed by atoms with E-state index in [9.17, 15) is 0 Å². The summed E-state index contributed by atoms with van der Waals surface area (Å²) in [6.07, 6.45) is 7.45. The predicted octanol–water partition coefficient (Wildman–Crippen LogP) is 3.75. The fourth-order valence-corrected chi connectivity index (χ4v) is 4.19. The van der Waals surface area contributed by atoms with Crippen molar-refractivity contribution in [3.63, 3.8) is 0 Å². The molecule has 0 bridgehead atoms. The number of aromatic nitrogens is 3. The second-order valence-corrected chi connectivity index (χ2v) is 7.36. The van der Waals surface area contributed by atoms with E-state index in [0.29, 0.717) is 0 Å². The summed E-state index contributed by atoms with van der Waals surface area (Å²) in [5.74, 6) is 1.92. The molecule has 24 heavy (non-hydrogen) atoms. The first-order valence-corrected chi connectivity index (χ1v) is 9.06. The maximum absolute atomic E-state index is 6.03. The van der Waals surface area contributed by atoms with Gasteiger partial charge in [0.15, 0.2) is 0 Å². The molecule has 5 nitrogen and oxygen atoms in total. The molecule has 1 fully saturated rings. The first kappa shape index (κ1) is 15.3. The van der Waals surface area contributed by atoms with E-state index in [-0.39, 0.29) is 6.10 Å².